The molecule has 3 rings (SSSR count). The summed E-state index contributed by atoms with van der Waals surface area (Å²) < 4.78 is 52.3. The lowest BCUT2D eigenvalue weighted by Crippen LogP contribution is -2.17. The van der Waals surface area contributed by atoms with Crippen molar-refractivity contribution in [3.05, 3.63) is 58.1 Å². The van der Waals surface area contributed by atoms with Crippen molar-refractivity contribution in [2.75, 3.05) is 18.9 Å². The first-order valence-corrected chi connectivity index (χ1v) is 11.2. The Morgan fingerprint density at radius 1 is 1.21 bits per heavy atom. The number of nitrogens with zero attached hydrogens (tertiary/aromatic N) is 1. The van der Waals surface area contributed by atoms with Crippen LogP contribution in [0.5, 0.6) is 5.75 Å². The van der Waals surface area contributed by atoms with E-state index in [0.29, 0.717) is 0 Å². The van der Waals surface area contributed by atoms with Gasteiger partial charge in [-0.3, -0.25) is 19.2 Å². The molecule has 0 saturated carbocycles. The number of benzene rings is 2. The summed E-state index contributed by atoms with van der Waals surface area (Å²) in [5, 5.41) is 10.2. The van der Waals surface area contributed by atoms with Crippen LogP contribution in [0.2, 0.25) is 0 Å². The highest BCUT2D eigenvalue weighted by atomic mass is 35.5. The fourth-order valence-corrected chi connectivity index (χ4v) is 7.46. The molecule has 9 nitrogen and oxygen atoms in total. The van der Waals surface area contributed by atoms with Crippen LogP contribution in [0.15, 0.2) is 52.3 Å². The molecule has 154 valence electrons. The van der Waals surface area contributed by atoms with Crippen molar-refractivity contribution >= 4 is 38.5 Å². The van der Waals surface area contributed by atoms with E-state index in [4.69, 9.17) is 10.5 Å². The lowest BCUT2D eigenvalue weighted by molar-refractivity contribution is -0.386. The molecule has 0 bridgehead atoms. The molecule has 1 heterocycles. The van der Waals surface area contributed by atoms with Crippen LogP contribution >= 0.6 is 23.0 Å². The fraction of sp³-hybridized carbons (Fsp3) is 0.250. The summed E-state index contributed by atoms with van der Waals surface area (Å²) in [4.78, 5) is 10.8. The highest BCUT2D eigenvalue weighted by Gasteiger charge is 2.48. The average molecular weight is 451 g/mol. The van der Waals surface area contributed by atoms with Crippen molar-refractivity contribution in [3.8, 4) is 5.75 Å². The van der Waals surface area contributed by atoms with Crippen molar-refractivity contribution in [1.29, 1.82) is 0 Å². The average Bonchev–Trinajstić information content (AvgIpc) is 2.92. The first-order chi connectivity index (χ1) is 12.7. The Kier molecular flexibility index (Phi) is 6.58. The molecule has 1 unspecified atom stereocenters. The zero-order valence-corrected chi connectivity index (χ0v) is 16.9. The molecular weight excluding hydrogens is 432 g/mol. The molecule has 0 fully saturated rings. The Bertz CT molecular complexity index is 984. The van der Waals surface area contributed by atoms with Gasteiger partial charge in [0.2, 0.25) is 0 Å². The molecule has 28 heavy (non-hydrogen) atoms. The Morgan fingerprint density at radius 3 is 2.43 bits per heavy atom. The summed E-state index contributed by atoms with van der Waals surface area (Å²) in [5.74, 6) is -0.699. The topological polar surface area (TPSA) is 153 Å². The predicted octanol–water partition coefficient (Wildman–Crippen LogP) is 2.99. The Balaban J connectivity index is 0.00000280. The van der Waals surface area contributed by atoms with E-state index >= 15 is 0 Å². The van der Waals surface area contributed by atoms with Gasteiger partial charge in [0.1, 0.15) is 11.9 Å². The maximum Gasteiger partial charge on any atom is 0.317 e. The van der Waals surface area contributed by atoms with Crippen molar-refractivity contribution in [3.63, 3.8) is 0 Å². The van der Waals surface area contributed by atoms with E-state index in [0.717, 1.165) is 0 Å². The third kappa shape index (κ3) is 3.81. The second-order valence-electron chi connectivity index (χ2n) is 5.90. The Labute approximate surface area is 169 Å². The summed E-state index contributed by atoms with van der Waals surface area (Å²) in [6.07, 6.45) is 0. The lowest BCUT2D eigenvalue weighted by Gasteiger charge is -2.27. The largest absolute Gasteiger partial charge is 0.485 e. The van der Waals surface area contributed by atoms with E-state index in [1.54, 1.807) is 6.07 Å². The third-order valence-electron chi connectivity index (χ3n) is 4.20. The van der Waals surface area contributed by atoms with Gasteiger partial charge in [0.25, 0.3) is 0 Å². The van der Waals surface area contributed by atoms with Gasteiger partial charge in [0, 0.05) is 6.54 Å². The molecule has 4 N–H and O–H groups in total. The molecule has 0 saturated heterocycles. The number of rotatable bonds is 6. The zero-order valence-electron chi connectivity index (χ0n) is 14.4. The summed E-state index contributed by atoms with van der Waals surface area (Å²) in [6, 6.07) is 9.91. The first kappa shape index (κ1) is 22.4. The van der Waals surface area contributed by atoms with E-state index in [1.807, 2.05) is 0 Å². The van der Waals surface area contributed by atoms with Crippen LogP contribution in [-0.2, 0) is 9.84 Å². The van der Waals surface area contributed by atoms with Crippen molar-refractivity contribution in [1.82, 2.24) is 0 Å². The lowest BCUT2D eigenvalue weighted by atomic mass is 10.1. The van der Waals surface area contributed by atoms with Gasteiger partial charge in [0.15, 0.2) is 15.6 Å². The molecule has 12 heteroatoms. The van der Waals surface area contributed by atoms with Gasteiger partial charge in [-0.2, -0.15) is 10.6 Å². The molecule has 1 atom stereocenters. The van der Waals surface area contributed by atoms with E-state index in [-0.39, 0.29) is 46.7 Å². The van der Waals surface area contributed by atoms with Gasteiger partial charge >= 0.3 is 5.69 Å². The maximum atomic E-state index is 13.1. The standard InChI is InChI=1S/C16H18N2O7S2.ClH/c17-8-9-25-12-6-7-13-15(16(12)18(19)20)14(10-26(13,21)22)27(23,24)11-4-2-1-3-5-11;/h1-7,14,21-22H,8-10,17H2;1H. The molecule has 2 aromatic carbocycles. The molecule has 0 amide bonds. The van der Waals surface area contributed by atoms with Gasteiger partial charge < -0.3 is 10.5 Å². The highest BCUT2D eigenvalue weighted by Crippen LogP contribution is 2.64. The number of halogens is 1. The first-order valence-electron chi connectivity index (χ1n) is 7.89. The smallest absolute Gasteiger partial charge is 0.317 e. The van der Waals surface area contributed by atoms with E-state index in [2.05, 4.69) is 0 Å². The molecule has 0 aromatic heterocycles. The maximum absolute atomic E-state index is 13.1. The molecular formula is C16H19ClN2O7S2. The van der Waals surface area contributed by atoms with Crippen LogP contribution in [0.4, 0.5) is 5.69 Å². The molecule has 0 radical (unpaired) electrons. The quantitative estimate of drug-likeness (QED) is 0.448. The molecule has 1 aliphatic heterocycles. The van der Waals surface area contributed by atoms with Crippen LogP contribution in [0.1, 0.15) is 10.8 Å². The number of hydrogen-bond donors (Lipinski definition) is 3. The number of nitrogens with two attached hydrogens (primary N) is 1. The number of nitro benzene ring substituents is 1. The Hall–Kier alpha value is -1.89. The van der Waals surface area contributed by atoms with Crippen LogP contribution in [0.3, 0.4) is 0 Å². The summed E-state index contributed by atoms with van der Waals surface area (Å²) in [7, 11) is -7.60. The SMILES string of the molecule is Cl.NCCOc1ccc2c(c1[N+](=O)[O-])C(S(=O)(=O)c1ccccc1)CS2(O)O. The zero-order chi connectivity index (χ0) is 19.8. The number of nitro groups is 1. The molecule has 0 spiro atoms. The minimum atomic E-state index is -4.10. The molecule has 1 aliphatic rings. The van der Waals surface area contributed by atoms with Crippen LogP contribution in [0.25, 0.3) is 0 Å². The normalized spacial score (nSPS) is 18.6. The van der Waals surface area contributed by atoms with Crippen LogP contribution in [0, 0.1) is 10.1 Å². The minimum Gasteiger partial charge on any atom is -0.485 e. The number of ether oxygens (including phenoxy) is 1. The van der Waals surface area contributed by atoms with Crippen molar-refractivity contribution < 1.29 is 27.2 Å². The number of sulfone groups is 1. The van der Waals surface area contributed by atoms with Crippen molar-refractivity contribution in [2.45, 2.75) is 15.0 Å². The van der Waals surface area contributed by atoms with E-state index < -0.39 is 42.0 Å². The van der Waals surface area contributed by atoms with Gasteiger partial charge in [0.05, 0.1) is 26.0 Å². The third-order valence-corrected chi connectivity index (χ3v) is 8.35. The van der Waals surface area contributed by atoms with Gasteiger partial charge in [-0.15, -0.1) is 12.4 Å². The summed E-state index contributed by atoms with van der Waals surface area (Å²) >= 11 is 0. The van der Waals surface area contributed by atoms with Gasteiger partial charge in [-0.05, 0) is 24.3 Å². The number of fused-ring (bicyclic) bond motifs is 1. The second-order valence-corrected chi connectivity index (χ2v) is 10.1. The number of hydrogen-bond acceptors (Lipinski definition) is 8. The van der Waals surface area contributed by atoms with Crippen molar-refractivity contribution in [2.24, 2.45) is 5.73 Å². The minimum absolute atomic E-state index is 0. The van der Waals surface area contributed by atoms with Crippen LogP contribution in [-0.4, -0.2) is 41.4 Å². The molecule has 2 aromatic rings. The Morgan fingerprint density at radius 2 is 1.86 bits per heavy atom. The monoisotopic (exact) mass is 450 g/mol. The molecule has 0 aliphatic carbocycles. The highest BCUT2D eigenvalue weighted by molar-refractivity contribution is 8.25. The van der Waals surface area contributed by atoms with E-state index in [9.17, 15) is 27.6 Å². The van der Waals surface area contributed by atoms with Crippen LogP contribution < -0.4 is 10.5 Å². The van der Waals surface area contributed by atoms with Gasteiger partial charge in [-0.1, -0.05) is 18.2 Å². The van der Waals surface area contributed by atoms with Gasteiger partial charge in [-0.25, -0.2) is 8.42 Å². The predicted molar refractivity (Wildman–Crippen MR) is 107 cm³/mol. The van der Waals surface area contributed by atoms with E-state index in [1.165, 1.54) is 36.4 Å². The summed E-state index contributed by atoms with van der Waals surface area (Å²) in [5.41, 5.74) is 4.55. The fourth-order valence-electron chi connectivity index (χ4n) is 3.04. The summed E-state index contributed by atoms with van der Waals surface area (Å²) in [6.45, 7) is 0.0984. The second kappa shape index (κ2) is 8.23.